The molecule has 0 aliphatic heterocycles. The maximum Gasteiger partial charge on any atom is 0.255 e. The SMILES string of the molecule is CC[B]c1ccc2cc[nH]c(=O)c2c1. The molecule has 0 saturated carbocycles. The van der Waals surface area contributed by atoms with Gasteiger partial charge in [0.2, 0.25) is 0 Å². The van der Waals surface area contributed by atoms with Crippen molar-refractivity contribution in [3.63, 3.8) is 0 Å². The molecular formula is C11H11BNO. The molecule has 14 heavy (non-hydrogen) atoms. The predicted octanol–water partition coefficient (Wildman–Crippen LogP) is 1.30. The van der Waals surface area contributed by atoms with E-state index in [1.807, 2.05) is 24.3 Å². The minimum atomic E-state index is -0.0196. The number of rotatable bonds is 2. The first-order valence-corrected chi connectivity index (χ1v) is 4.76. The third-order valence-corrected chi connectivity index (χ3v) is 2.24. The highest BCUT2D eigenvalue weighted by molar-refractivity contribution is 6.53. The molecule has 1 heterocycles. The van der Waals surface area contributed by atoms with Crippen molar-refractivity contribution in [1.82, 2.24) is 4.98 Å². The number of aromatic amines is 1. The molecule has 69 valence electrons. The van der Waals surface area contributed by atoms with Crippen LogP contribution in [0.2, 0.25) is 6.32 Å². The first-order valence-electron chi connectivity index (χ1n) is 4.76. The maximum atomic E-state index is 11.5. The zero-order chi connectivity index (χ0) is 9.97. The van der Waals surface area contributed by atoms with Crippen LogP contribution in [0.4, 0.5) is 0 Å². The summed E-state index contributed by atoms with van der Waals surface area (Å²) in [4.78, 5) is 14.1. The van der Waals surface area contributed by atoms with Gasteiger partial charge in [0.15, 0.2) is 7.28 Å². The fourth-order valence-electron chi connectivity index (χ4n) is 1.56. The molecule has 2 nitrogen and oxygen atoms in total. The molecule has 1 N–H and O–H groups in total. The van der Waals surface area contributed by atoms with Gasteiger partial charge in [-0.15, -0.1) is 0 Å². The van der Waals surface area contributed by atoms with E-state index in [4.69, 9.17) is 0 Å². The highest BCUT2D eigenvalue weighted by Crippen LogP contribution is 2.05. The van der Waals surface area contributed by atoms with Gasteiger partial charge in [-0.2, -0.15) is 0 Å². The summed E-state index contributed by atoms with van der Waals surface area (Å²) in [5.74, 6) is 0. The number of hydrogen-bond donors (Lipinski definition) is 1. The minimum Gasteiger partial charge on any atom is -0.329 e. The van der Waals surface area contributed by atoms with Gasteiger partial charge < -0.3 is 4.98 Å². The van der Waals surface area contributed by atoms with Crippen molar-refractivity contribution in [2.75, 3.05) is 0 Å². The molecule has 0 amide bonds. The van der Waals surface area contributed by atoms with Gasteiger partial charge >= 0.3 is 0 Å². The van der Waals surface area contributed by atoms with Gasteiger partial charge in [-0.25, -0.2) is 0 Å². The maximum absolute atomic E-state index is 11.5. The summed E-state index contributed by atoms with van der Waals surface area (Å²) in [5, 5.41) is 1.75. The van der Waals surface area contributed by atoms with Crippen LogP contribution in [-0.4, -0.2) is 12.3 Å². The first kappa shape index (κ1) is 9.07. The average Bonchev–Trinajstić information content (AvgIpc) is 2.20. The summed E-state index contributed by atoms with van der Waals surface area (Å²) in [6, 6.07) is 7.85. The third kappa shape index (κ3) is 1.58. The van der Waals surface area contributed by atoms with Crippen molar-refractivity contribution >= 4 is 23.5 Å². The summed E-state index contributed by atoms with van der Waals surface area (Å²) in [6.45, 7) is 2.08. The summed E-state index contributed by atoms with van der Waals surface area (Å²) in [6.07, 6.45) is 2.66. The number of aromatic nitrogens is 1. The lowest BCUT2D eigenvalue weighted by Gasteiger charge is -2.00. The standard InChI is InChI=1S/C11H11BNO/c1-2-12-9-4-3-8-5-6-13-11(14)10(8)7-9/h3-7H,2H2,1H3,(H,13,14). The molecule has 0 aliphatic carbocycles. The van der Waals surface area contributed by atoms with Crippen LogP contribution < -0.4 is 11.0 Å². The predicted molar refractivity (Wildman–Crippen MR) is 60.4 cm³/mol. The van der Waals surface area contributed by atoms with Crippen LogP contribution in [0.1, 0.15) is 6.92 Å². The van der Waals surface area contributed by atoms with Gasteiger partial charge in [0, 0.05) is 11.6 Å². The minimum absolute atomic E-state index is 0.0196. The van der Waals surface area contributed by atoms with E-state index in [9.17, 15) is 4.79 Å². The number of hydrogen-bond acceptors (Lipinski definition) is 1. The van der Waals surface area contributed by atoms with Gasteiger partial charge in [0.1, 0.15) is 0 Å². The van der Waals surface area contributed by atoms with Crippen LogP contribution >= 0.6 is 0 Å². The van der Waals surface area contributed by atoms with Crippen molar-refractivity contribution in [2.45, 2.75) is 13.2 Å². The number of nitrogens with one attached hydrogen (secondary N) is 1. The third-order valence-electron chi connectivity index (χ3n) is 2.24. The van der Waals surface area contributed by atoms with Crippen LogP contribution in [0.5, 0.6) is 0 Å². The van der Waals surface area contributed by atoms with Crippen molar-refractivity contribution in [3.8, 4) is 0 Å². The van der Waals surface area contributed by atoms with Gasteiger partial charge in [0.05, 0.1) is 0 Å². The fraction of sp³-hybridized carbons (Fsp3) is 0.182. The lowest BCUT2D eigenvalue weighted by Crippen LogP contribution is -2.15. The van der Waals surface area contributed by atoms with E-state index < -0.39 is 0 Å². The molecule has 0 spiro atoms. The first-order chi connectivity index (χ1) is 6.81. The van der Waals surface area contributed by atoms with Crippen molar-refractivity contribution in [2.24, 2.45) is 0 Å². The Balaban J connectivity index is 2.64. The fourth-order valence-corrected chi connectivity index (χ4v) is 1.56. The Morgan fingerprint density at radius 1 is 1.36 bits per heavy atom. The molecule has 0 saturated heterocycles. The molecule has 1 aromatic carbocycles. The Hall–Kier alpha value is -1.51. The van der Waals surface area contributed by atoms with Crippen LogP contribution in [0, 0.1) is 0 Å². The van der Waals surface area contributed by atoms with Crippen molar-refractivity contribution in [3.05, 3.63) is 40.8 Å². The molecule has 0 atom stereocenters. The van der Waals surface area contributed by atoms with E-state index in [0.717, 1.165) is 22.6 Å². The average molecular weight is 184 g/mol. The topological polar surface area (TPSA) is 32.9 Å². The molecule has 3 heteroatoms. The van der Waals surface area contributed by atoms with E-state index in [1.165, 1.54) is 0 Å². The Labute approximate surface area is 83.2 Å². The summed E-state index contributed by atoms with van der Waals surface area (Å²) in [5.41, 5.74) is 1.09. The summed E-state index contributed by atoms with van der Waals surface area (Å²) < 4.78 is 0. The van der Waals surface area contributed by atoms with E-state index >= 15 is 0 Å². The number of H-pyrrole nitrogens is 1. The van der Waals surface area contributed by atoms with Crippen LogP contribution in [0.25, 0.3) is 10.8 Å². The largest absolute Gasteiger partial charge is 0.329 e. The van der Waals surface area contributed by atoms with Gasteiger partial charge in [-0.05, 0) is 11.5 Å². The normalized spacial score (nSPS) is 10.4. The zero-order valence-electron chi connectivity index (χ0n) is 8.08. The molecule has 0 unspecified atom stereocenters. The van der Waals surface area contributed by atoms with Crippen LogP contribution in [0.15, 0.2) is 35.3 Å². The smallest absolute Gasteiger partial charge is 0.255 e. The second-order valence-corrected chi connectivity index (χ2v) is 3.27. The van der Waals surface area contributed by atoms with E-state index in [1.54, 1.807) is 6.20 Å². The Morgan fingerprint density at radius 2 is 2.21 bits per heavy atom. The monoisotopic (exact) mass is 184 g/mol. The molecule has 1 aromatic heterocycles. The van der Waals surface area contributed by atoms with Crippen LogP contribution in [0.3, 0.4) is 0 Å². The highest BCUT2D eigenvalue weighted by atomic mass is 16.1. The molecule has 1 radical (unpaired) electrons. The van der Waals surface area contributed by atoms with E-state index in [0.29, 0.717) is 0 Å². The number of benzene rings is 1. The Bertz CT molecular complexity index is 504. The molecule has 2 rings (SSSR count). The molecule has 0 bridgehead atoms. The molecule has 0 aliphatic rings. The Kier molecular flexibility index (Phi) is 2.40. The Morgan fingerprint density at radius 3 is 3.00 bits per heavy atom. The molecular weight excluding hydrogens is 173 g/mol. The molecule has 0 fully saturated rings. The second kappa shape index (κ2) is 3.70. The van der Waals surface area contributed by atoms with E-state index in [2.05, 4.69) is 19.2 Å². The number of pyridine rings is 1. The zero-order valence-corrected chi connectivity index (χ0v) is 8.08. The summed E-state index contributed by atoms with van der Waals surface area (Å²) >= 11 is 0. The lowest BCUT2D eigenvalue weighted by atomic mass is 9.68. The van der Waals surface area contributed by atoms with Crippen molar-refractivity contribution in [1.29, 1.82) is 0 Å². The second-order valence-electron chi connectivity index (χ2n) is 3.27. The number of fused-ring (bicyclic) bond motifs is 1. The lowest BCUT2D eigenvalue weighted by molar-refractivity contribution is 1.28. The molecule has 2 aromatic rings. The quantitative estimate of drug-likeness (QED) is 0.701. The van der Waals surface area contributed by atoms with Gasteiger partial charge in [0.25, 0.3) is 5.56 Å². The van der Waals surface area contributed by atoms with E-state index in [-0.39, 0.29) is 5.56 Å². The van der Waals surface area contributed by atoms with Gasteiger partial charge in [-0.3, -0.25) is 4.79 Å². The summed E-state index contributed by atoms with van der Waals surface area (Å²) in [7, 11) is 2.10. The van der Waals surface area contributed by atoms with Crippen LogP contribution in [-0.2, 0) is 0 Å². The highest BCUT2D eigenvalue weighted by Gasteiger charge is 1.99. The van der Waals surface area contributed by atoms with Gasteiger partial charge in [-0.1, -0.05) is 36.9 Å². The van der Waals surface area contributed by atoms with Crippen molar-refractivity contribution < 1.29 is 0 Å².